The summed E-state index contributed by atoms with van der Waals surface area (Å²) in [4.78, 5) is 18.9. The number of benzene rings is 1. The molecule has 0 aliphatic carbocycles. The normalized spacial score (nSPS) is 13.3. The third-order valence-electron chi connectivity index (χ3n) is 3.03. The van der Waals surface area contributed by atoms with Gasteiger partial charge in [-0.2, -0.15) is 0 Å². The Labute approximate surface area is 128 Å². The molecule has 0 saturated carbocycles. The van der Waals surface area contributed by atoms with Crippen molar-refractivity contribution in [2.75, 3.05) is 0 Å². The zero-order chi connectivity index (χ0) is 15.5. The van der Waals surface area contributed by atoms with E-state index in [1.165, 1.54) is 6.07 Å². The fourth-order valence-corrected chi connectivity index (χ4v) is 3.54. The van der Waals surface area contributed by atoms with Crippen LogP contribution < -0.4 is 0 Å². The van der Waals surface area contributed by atoms with Crippen LogP contribution in [0.15, 0.2) is 17.4 Å². The van der Waals surface area contributed by atoms with Gasteiger partial charge in [-0.15, -0.1) is 0 Å². The fraction of sp³-hybridized carbons (Fsp3) is 0.385. The summed E-state index contributed by atoms with van der Waals surface area (Å²) in [7, 11) is -4.35. The molecule has 1 aromatic carbocycles. The van der Waals surface area contributed by atoms with Crippen molar-refractivity contribution >= 4 is 36.4 Å². The van der Waals surface area contributed by atoms with Gasteiger partial charge < -0.3 is 14.9 Å². The van der Waals surface area contributed by atoms with Crippen LogP contribution in [-0.4, -0.2) is 14.9 Å². The van der Waals surface area contributed by atoms with Gasteiger partial charge in [0.25, 0.3) is 0 Å². The molecule has 1 rings (SSSR count). The molecular formula is C13H17Cl2O4P. The Bertz CT molecular complexity index is 578. The molecular weight excluding hydrogens is 322 g/mol. The second-order valence-electron chi connectivity index (χ2n) is 4.26. The molecule has 0 radical (unpaired) electrons. The van der Waals surface area contributed by atoms with Gasteiger partial charge in [-0.05, 0) is 41.7 Å². The lowest BCUT2D eigenvalue weighted by atomic mass is 9.97. The quantitative estimate of drug-likeness (QED) is 0.703. The average molecular weight is 339 g/mol. The molecule has 7 heteroatoms. The first-order valence-electron chi connectivity index (χ1n) is 6.13. The summed E-state index contributed by atoms with van der Waals surface area (Å²) in [5.41, 5.74) is 1.53. The van der Waals surface area contributed by atoms with E-state index in [0.29, 0.717) is 28.1 Å². The van der Waals surface area contributed by atoms with Crippen molar-refractivity contribution in [2.45, 2.75) is 33.3 Å². The number of aliphatic hydroxyl groups excluding tert-OH is 1. The second-order valence-corrected chi connectivity index (χ2v) is 6.70. The molecule has 0 spiro atoms. The topological polar surface area (TPSA) is 77.8 Å². The molecule has 0 unspecified atom stereocenters. The van der Waals surface area contributed by atoms with E-state index in [2.05, 4.69) is 0 Å². The van der Waals surface area contributed by atoms with Crippen molar-refractivity contribution in [1.82, 2.24) is 0 Å². The minimum atomic E-state index is -4.35. The van der Waals surface area contributed by atoms with Crippen LogP contribution in [0.1, 0.15) is 37.8 Å². The van der Waals surface area contributed by atoms with Gasteiger partial charge >= 0.3 is 7.60 Å². The van der Waals surface area contributed by atoms with Gasteiger partial charge in [0.2, 0.25) is 0 Å². The summed E-state index contributed by atoms with van der Waals surface area (Å²) in [5.74, 6) is 0. The standard InChI is InChI=1S/C13H17Cl2O4P/c1-3-9(13(4-2)20(17,18)19)10-6-12(15)11(14)5-8(10)7-16/h5-6,16H,3-4,7H2,1-2H3,(H2,17,18,19). The Balaban J connectivity index is 3.65. The van der Waals surface area contributed by atoms with Crippen LogP contribution in [0.25, 0.3) is 5.57 Å². The maximum Gasteiger partial charge on any atom is 0.352 e. The number of aliphatic hydroxyl groups is 1. The largest absolute Gasteiger partial charge is 0.392 e. The first kappa shape index (κ1) is 17.7. The van der Waals surface area contributed by atoms with Gasteiger partial charge in [-0.1, -0.05) is 37.0 Å². The van der Waals surface area contributed by atoms with Crippen LogP contribution in [0, 0.1) is 0 Å². The lowest BCUT2D eigenvalue weighted by Gasteiger charge is -2.17. The number of hydrogen-bond donors (Lipinski definition) is 3. The van der Waals surface area contributed by atoms with Gasteiger partial charge in [0.1, 0.15) is 0 Å². The Morgan fingerprint density at radius 1 is 1.15 bits per heavy atom. The molecule has 0 heterocycles. The van der Waals surface area contributed by atoms with E-state index in [1.807, 2.05) is 0 Å². The molecule has 0 amide bonds. The molecule has 0 aliphatic heterocycles. The summed E-state index contributed by atoms with van der Waals surface area (Å²) >= 11 is 11.9. The Kier molecular flexibility index (Phi) is 6.26. The number of halogens is 2. The van der Waals surface area contributed by atoms with E-state index >= 15 is 0 Å². The van der Waals surface area contributed by atoms with E-state index in [1.54, 1.807) is 19.9 Å². The Morgan fingerprint density at radius 3 is 2.10 bits per heavy atom. The third kappa shape index (κ3) is 3.85. The van der Waals surface area contributed by atoms with E-state index in [9.17, 15) is 19.5 Å². The lowest BCUT2D eigenvalue weighted by molar-refractivity contribution is 0.281. The molecule has 0 saturated heterocycles. The fourth-order valence-electron chi connectivity index (χ4n) is 2.14. The molecule has 0 aromatic heterocycles. The Morgan fingerprint density at radius 2 is 1.70 bits per heavy atom. The second kappa shape index (κ2) is 7.08. The SMILES string of the molecule is CCC(=C(CC)P(=O)(O)O)c1cc(Cl)c(Cl)cc1CO. The molecule has 112 valence electrons. The third-order valence-corrected chi connectivity index (χ3v) is 5.04. The number of hydrogen-bond acceptors (Lipinski definition) is 2. The monoisotopic (exact) mass is 338 g/mol. The maximum atomic E-state index is 11.6. The van der Waals surface area contributed by atoms with Crippen molar-refractivity contribution in [3.05, 3.63) is 38.6 Å². The van der Waals surface area contributed by atoms with E-state index in [-0.39, 0.29) is 23.4 Å². The summed E-state index contributed by atoms with van der Waals surface area (Å²) in [6.07, 6.45) is 0.637. The molecule has 0 atom stereocenters. The number of rotatable bonds is 5. The predicted octanol–water partition coefficient (Wildman–Crippen LogP) is 4.19. The van der Waals surface area contributed by atoms with Crippen molar-refractivity contribution in [3.63, 3.8) is 0 Å². The summed E-state index contributed by atoms with van der Waals surface area (Å²) in [6.45, 7) is 3.19. The van der Waals surface area contributed by atoms with E-state index < -0.39 is 7.60 Å². The molecule has 1 aromatic rings. The molecule has 4 nitrogen and oxygen atoms in total. The average Bonchev–Trinajstić information content (AvgIpc) is 2.37. The number of allylic oxidation sites excluding steroid dienone is 2. The predicted molar refractivity (Wildman–Crippen MR) is 81.9 cm³/mol. The highest BCUT2D eigenvalue weighted by Crippen LogP contribution is 2.51. The first-order valence-corrected chi connectivity index (χ1v) is 8.50. The highest BCUT2D eigenvalue weighted by molar-refractivity contribution is 7.56. The van der Waals surface area contributed by atoms with Gasteiger partial charge in [0.15, 0.2) is 0 Å². The minimum Gasteiger partial charge on any atom is -0.392 e. The molecule has 3 N–H and O–H groups in total. The summed E-state index contributed by atoms with van der Waals surface area (Å²) in [6, 6.07) is 3.06. The molecule has 0 fully saturated rings. The zero-order valence-corrected chi connectivity index (χ0v) is 13.6. The first-order chi connectivity index (χ1) is 9.26. The smallest absolute Gasteiger partial charge is 0.352 e. The van der Waals surface area contributed by atoms with Crippen molar-refractivity contribution in [2.24, 2.45) is 0 Å². The zero-order valence-electron chi connectivity index (χ0n) is 11.2. The van der Waals surface area contributed by atoms with Crippen molar-refractivity contribution in [3.8, 4) is 0 Å². The molecule has 0 aliphatic rings. The van der Waals surface area contributed by atoms with E-state index in [0.717, 1.165) is 0 Å². The van der Waals surface area contributed by atoms with Gasteiger partial charge in [-0.3, -0.25) is 4.57 Å². The van der Waals surface area contributed by atoms with Crippen molar-refractivity contribution < 1.29 is 19.5 Å². The van der Waals surface area contributed by atoms with Crippen molar-refractivity contribution in [1.29, 1.82) is 0 Å². The van der Waals surface area contributed by atoms with Gasteiger partial charge in [0.05, 0.1) is 16.7 Å². The Hall–Kier alpha value is -0.350. The van der Waals surface area contributed by atoms with E-state index in [4.69, 9.17) is 23.2 Å². The lowest BCUT2D eigenvalue weighted by Crippen LogP contribution is -1.98. The molecule has 20 heavy (non-hydrogen) atoms. The highest BCUT2D eigenvalue weighted by atomic mass is 35.5. The summed E-state index contributed by atoms with van der Waals surface area (Å²) in [5, 5.41) is 10.1. The van der Waals surface area contributed by atoms with Crippen LogP contribution in [-0.2, 0) is 11.2 Å². The van der Waals surface area contributed by atoms with Gasteiger partial charge in [0, 0.05) is 5.31 Å². The van der Waals surface area contributed by atoms with Crippen LogP contribution in [0.2, 0.25) is 10.0 Å². The van der Waals surface area contributed by atoms with Crippen LogP contribution in [0.4, 0.5) is 0 Å². The van der Waals surface area contributed by atoms with Gasteiger partial charge in [-0.25, -0.2) is 0 Å². The molecule has 0 bridgehead atoms. The highest BCUT2D eigenvalue weighted by Gasteiger charge is 2.24. The minimum absolute atomic E-state index is 0.0630. The van der Waals surface area contributed by atoms with Crippen LogP contribution >= 0.6 is 30.8 Å². The summed E-state index contributed by atoms with van der Waals surface area (Å²) < 4.78 is 11.6. The van der Waals surface area contributed by atoms with Crippen LogP contribution in [0.3, 0.4) is 0 Å². The van der Waals surface area contributed by atoms with Crippen LogP contribution in [0.5, 0.6) is 0 Å². The maximum absolute atomic E-state index is 11.6.